The Morgan fingerprint density at radius 3 is 2.95 bits per heavy atom. The molecule has 0 aliphatic carbocycles. The third-order valence-corrected chi connectivity index (χ3v) is 4.56. The number of likely N-dealkylation sites (N-methyl/N-ethyl adjacent to an activating group) is 1. The standard InChI is InChI=1S/C14H25N7/c1-10(16-2)9-20-5-3-11(4-6-20)7-12-8-17-14-13(15)18-19-21(12)14/h8,10-11,16,19H,3-7,9H2,1-2H3,(H2,15,18). The maximum absolute atomic E-state index is 5.76. The fourth-order valence-corrected chi connectivity index (χ4v) is 3.12. The van der Waals surface area contributed by atoms with Gasteiger partial charge in [-0.3, -0.25) is 0 Å². The molecule has 1 unspecified atom stereocenters. The van der Waals surface area contributed by atoms with E-state index in [1.54, 1.807) is 0 Å². The van der Waals surface area contributed by atoms with Crippen molar-refractivity contribution in [3.8, 4) is 0 Å². The lowest BCUT2D eigenvalue weighted by Gasteiger charge is -2.33. The highest BCUT2D eigenvalue weighted by Gasteiger charge is 2.22. The van der Waals surface area contributed by atoms with Crippen molar-refractivity contribution in [2.24, 2.45) is 5.92 Å². The van der Waals surface area contributed by atoms with Gasteiger partial charge < -0.3 is 16.0 Å². The maximum atomic E-state index is 5.76. The van der Waals surface area contributed by atoms with Gasteiger partial charge in [0.1, 0.15) is 0 Å². The number of likely N-dealkylation sites (tertiary alicyclic amines) is 1. The molecule has 1 fully saturated rings. The number of H-pyrrole nitrogens is 1. The van der Waals surface area contributed by atoms with Crippen LogP contribution in [0.4, 0.5) is 5.82 Å². The molecule has 3 rings (SSSR count). The summed E-state index contributed by atoms with van der Waals surface area (Å²) in [5, 5.41) is 10.2. The predicted molar refractivity (Wildman–Crippen MR) is 83.1 cm³/mol. The molecule has 2 aromatic heterocycles. The van der Waals surface area contributed by atoms with Gasteiger partial charge in [0.25, 0.3) is 0 Å². The molecule has 116 valence electrons. The van der Waals surface area contributed by atoms with E-state index in [1.807, 2.05) is 17.8 Å². The SMILES string of the molecule is CNC(C)CN1CCC(Cc2cnc3c(N)n[nH]n23)CC1. The Hall–Kier alpha value is -1.60. The van der Waals surface area contributed by atoms with Crippen molar-refractivity contribution in [2.75, 3.05) is 32.4 Å². The number of piperidine rings is 1. The number of hydrogen-bond donors (Lipinski definition) is 3. The van der Waals surface area contributed by atoms with Gasteiger partial charge in [0, 0.05) is 12.6 Å². The Morgan fingerprint density at radius 2 is 2.24 bits per heavy atom. The van der Waals surface area contributed by atoms with E-state index in [0.717, 1.165) is 24.5 Å². The van der Waals surface area contributed by atoms with Crippen molar-refractivity contribution in [2.45, 2.75) is 32.2 Å². The van der Waals surface area contributed by atoms with Gasteiger partial charge in [-0.25, -0.2) is 14.7 Å². The van der Waals surface area contributed by atoms with Crippen LogP contribution in [0.1, 0.15) is 25.5 Å². The number of fused-ring (bicyclic) bond motifs is 1. The minimum absolute atomic E-state index is 0.470. The number of nitrogens with two attached hydrogens (primary N) is 1. The Labute approximate surface area is 124 Å². The Kier molecular flexibility index (Phi) is 4.12. The summed E-state index contributed by atoms with van der Waals surface area (Å²) in [6.45, 7) is 5.74. The maximum Gasteiger partial charge on any atom is 0.198 e. The average Bonchev–Trinajstić information content (AvgIpc) is 3.05. The Balaban J connectivity index is 1.55. The Bertz CT molecular complexity index is 579. The summed E-state index contributed by atoms with van der Waals surface area (Å²) in [6, 6.07) is 0.559. The van der Waals surface area contributed by atoms with Crippen LogP contribution in [0.15, 0.2) is 6.20 Å². The normalized spacial score (nSPS) is 19.3. The smallest absolute Gasteiger partial charge is 0.198 e. The number of imidazole rings is 1. The largest absolute Gasteiger partial charge is 0.379 e. The molecule has 0 spiro atoms. The number of nitrogens with zero attached hydrogens (tertiary/aromatic N) is 4. The van der Waals surface area contributed by atoms with E-state index in [9.17, 15) is 0 Å². The molecule has 0 radical (unpaired) electrons. The van der Waals surface area contributed by atoms with Crippen LogP contribution in [0.25, 0.3) is 5.65 Å². The van der Waals surface area contributed by atoms with Crippen molar-refractivity contribution in [3.05, 3.63) is 11.9 Å². The molecule has 2 aromatic rings. The summed E-state index contributed by atoms with van der Waals surface area (Å²) in [7, 11) is 2.03. The first kappa shape index (κ1) is 14.3. The quantitative estimate of drug-likeness (QED) is 0.747. The van der Waals surface area contributed by atoms with Gasteiger partial charge in [0.15, 0.2) is 11.5 Å². The molecule has 1 atom stereocenters. The summed E-state index contributed by atoms with van der Waals surface area (Å²) < 4.78 is 1.91. The number of nitrogen functional groups attached to an aromatic ring is 1. The van der Waals surface area contributed by atoms with E-state index in [1.165, 1.54) is 31.6 Å². The first-order valence-corrected chi connectivity index (χ1v) is 7.73. The van der Waals surface area contributed by atoms with E-state index in [2.05, 4.69) is 32.4 Å². The van der Waals surface area contributed by atoms with E-state index < -0.39 is 0 Å². The topological polar surface area (TPSA) is 87.3 Å². The molecule has 0 aromatic carbocycles. The monoisotopic (exact) mass is 291 g/mol. The molecule has 21 heavy (non-hydrogen) atoms. The van der Waals surface area contributed by atoms with Crippen molar-refractivity contribution in [1.82, 2.24) is 30.0 Å². The van der Waals surface area contributed by atoms with E-state index in [0.29, 0.717) is 11.9 Å². The van der Waals surface area contributed by atoms with Gasteiger partial charge in [-0.05, 0) is 52.2 Å². The first-order chi connectivity index (χ1) is 10.2. The molecule has 1 saturated heterocycles. The van der Waals surface area contributed by atoms with Gasteiger partial charge in [-0.15, -0.1) is 5.10 Å². The molecule has 0 bridgehead atoms. The number of aromatic nitrogens is 4. The third-order valence-electron chi connectivity index (χ3n) is 4.56. The summed E-state index contributed by atoms with van der Waals surface area (Å²) in [4.78, 5) is 6.89. The van der Waals surface area contributed by atoms with Crippen molar-refractivity contribution in [1.29, 1.82) is 0 Å². The van der Waals surface area contributed by atoms with Crippen LogP contribution in [-0.2, 0) is 6.42 Å². The van der Waals surface area contributed by atoms with Crippen molar-refractivity contribution >= 4 is 11.5 Å². The third kappa shape index (κ3) is 3.03. The zero-order valence-corrected chi connectivity index (χ0v) is 12.8. The van der Waals surface area contributed by atoms with Crippen LogP contribution < -0.4 is 11.1 Å². The van der Waals surface area contributed by atoms with Gasteiger partial charge in [0.2, 0.25) is 0 Å². The number of hydrogen-bond acceptors (Lipinski definition) is 5. The average molecular weight is 291 g/mol. The molecule has 4 N–H and O–H groups in total. The predicted octanol–water partition coefficient (Wildman–Crippen LogP) is 0.502. The fourth-order valence-electron chi connectivity index (χ4n) is 3.12. The van der Waals surface area contributed by atoms with Gasteiger partial charge in [0.05, 0.1) is 11.9 Å². The molecule has 0 saturated carbocycles. The van der Waals surface area contributed by atoms with E-state index in [-0.39, 0.29) is 0 Å². The second kappa shape index (κ2) is 6.03. The number of rotatable bonds is 5. The van der Waals surface area contributed by atoms with Gasteiger partial charge >= 0.3 is 0 Å². The van der Waals surface area contributed by atoms with E-state index >= 15 is 0 Å². The highest BCUT2D eigenvalue weighted by atomic mass is 15.4. The highest BCUT2D eigenvalue weighted by Crippen LogP contribution is 2.22. The molecule has 1 aliphatic rings. The summed E-state index contributed by atoms with van der Waals surface area (Å²) >= 11 is 0. The van der Waals surface area contributed by atoms with Crippen LogP contribution in [0, 0.1) is 5.92 Å². The van der Waals surface area contributed by atoms with Crippen LogP contribution in [0.3, 0.4) is 0 Å². The fraction of sp³-hybridized carbons (Fsp3) is 0.714. The lowest BCUT2D eigenvalue weighted by molar-refractivity contribution is 0.171. The molecule has 0 amide bonds. The molecule has 7 heteroatoms. The molecular weight excluding hydrogens is 266 g/mol. The van der Waals surface area contributed by atoms with Crippen LogP contribution in [-0.4, -0.2) is 57.4 Å². The van der Waals surface area contributed by atoms with Crippen LogP contribution in [0.2, 0.25) is 0 Å². The number of aromatic amines is 1. The number of nitrogens with one attached hydrogen (secondary N) is 2. The zero-order valence-electron chi connectivity index (χ0n) is 12.8. The summed E-state index contributed by atoms with van der Waals surface area (Å²) in [5.74, 6) is 1.19. The van der Waals surface area contributed by atoms with Crippen molar-refractivity contribution in [3.63, 3.8) is 0 Å². The van der Waals surface area contributed by atoms with Crippen LogP contribution >= 0.6 is 0 Å². The molecular formula is C14H25N7. The molecule has 7 nitrogen and oxygen atoms in total. The zero-order chi connectivity index (χ0) is 14.8. The second-order valence-electron chi connectivity index (χ2n) is 6.14. The molecule has 3 heterocycles. The van der Waals surface area contributed by atoms with Crippen molar-refractivity contribution < 1.29 is 0 Å². The Morgan fingerprint density at radius 1 is 1.48 bits per heavy atom. The van der Waals surface area contributed by atoms with Crippen LogP contribution in [0.5, 0.6) is 0 Å². The summed E-state index contributed by atoms with van der Waals surface area (Å²) in [5.41, 5.74) is 7.68. The lowest BCUT2D eigenvalue weighted by Crippen LogP contribution is -2.42. The minimum atomic E-state index is 0.470. The molecule has 1 aliphatic heterocycles. The van der Waals surface area contributed by atoms with E-state index in [4.69, 9.17) is 5.73 Å². The van der Waals surface area contributed by atoms with Gasteiger partial charge in [-0.2, -0.15) is 0 Å². The first-order valence-electron chi connectivity index (χ1n) is 7.73. The number of anilines is 1. The van der Waals surface area contributed by atoms with Gasteiger partial charge in [-0.1, -0.05) is 0 Å². The lowest BCUT2D eigenvalue weighted by atomic mass is 9.92. The second-order valence-corrected chi connectivity index (χ2v) is 6.14. The minimum Gasteiger partial charge on any atom is -0.379 e. The highest BCUT2D eigenvalue weighted by molar-refractivity contribution is 5.59. The summed E-state index contributed by atoms with van der Waals surface area (Å²) in [6.07, 6.45) is 5.44.